The lowest BCUT2D eigenvalue weighted by molar-refractivity contribution is 0.166. The molecule has 1 N–H and O–H groups in total. The Morgan fingerprint density at radius 2 is 1.93 bits per heavy atom. The average Bonchev–Trinajstić information content (AvgIpc) is 2.15. The normalized spacial score (nSPS) is 8.50. The highest BCUT2D eigenvalue weighted by Crippen LogP contribution is 2.00. The van der Waals surface area contributed by atoms with Crippen molar-refractivity contribution in [3.05, 3.63) is 48.2 Å². The molecule has 1 aromatic rings. The maximum Gasteiger partial charge on any atom is 0.110 e. The van der Waals surface area contributed by atoms with Crippen LogP contribution in [0.1, 0.15) is 11.1 Å². The number of ether oxygens (including phenoxy) is 1. The van der Waals surface area contributed by atoms with E-state index in [4.69, 9.17) is 5.11 Å². The first-order valence-corrected chi connectivity index (χ1v) is 4.57. The summed E-state index contributed by atoms with van der Waals surface area (Å²) in [5.74, 6) is 0. The zero-order chi connectivity index (χ0) is 10.8. The lowest BCUT2D eigenvalue weighted by Crippen LogP contribution is -1.90. The van der Waals surface area contributed by atoms with E-state index < -0.39 is 0 Å². The fraction of sp³-hybridized carbons (Fsp3) is 0.333. The van der Waals surface area contributed by atoms with E-state index in [-0.39, 0.29) is 6.61 Å². The summed E-state index contributed by atoms with van der Waals surface area (Å²) in [5.41, 5.74) is 2.68. The fourth-order valence-electron chi connectivity index (χ4n) is 0.943. The van der Waals surface area contributed by atoms with Crippen molar-refractivity contribution in [2.45, 2.75) is 13.8 Å². The van der Waals surface area contributed by atoms with Crippen molar-refractivity contribution in [3.8, 4) is 0 Å². The van der Waals surface area contributed by atoms with Gasteiger partial charge in [-0.15, -0.1) is 0 Å². The zero-order valence-corrected chi connectivity index (χ0v) is 8.86. The standard InChI is InChI=1S/C8H10.C4H8O2/c1-7-4-3-5-8(2)6-7;1-2-6-4-3-5/h3-6H,1-2H3;2,5H,1,3-4H2. The van der Waals surface area contributed by atoms with E-state index in [1.54, 1.807) is 0 Å². The molecule has 1 aromatic carbocycles. The molecule has 0 spiro atoms. The predicted molar refractivity (Wildman–Crippen MR) is 59.2 cm³/mol. The van der Waals surface area contributed by atoms with Crippen LogP contribution in [-0.4, -0.2) is 18.3 Å². The number of aliphatic hydroxyl groups excluding tert-OH is 1. The van der Waals surface area contributed by atoms with Crippen LogP contribution in [0.15, 0.2) is 37.1 Å². The number of benzene rings is 1. The first-order chi connectivity index (χ1) is 6.70. The SMILES string of the molecule is C=COCCO.Cc1cccc(C)c1. The molecule has 0 aliphatic rings. The third-order valence-corrected chi connectivity index (χ3v) is 1.50. The Morgan fingerprint density at radius 3 is 2.14 bits per heavy atom. The summed E-state index contributed by atoms with van der Waals surface area (Å²) in [6.07, 6.45) is 1.30. The van der Waals surface area contributed by atoms with Gasteiger partial charge in [0.2, 0.25) is 0 Å². The summed E-state index contributed by atoms with van der Waals surface area (Å²) in [7, 11) is 0. The molecule has 1 rings (SSSR count). The van der Waals surface area contributed by atoms with Crippen molar-refractivity contribution in [1.29, 1.82) is 0 Å². The van der Waals surface area contributed by atoms with Crippen LogP contribution < -0.4 is 0 Å². The highest BCUT2D eigenvalue weighted by atomic mass is 16.5. The van der Waals surface area contributed by atoms with Crippen molar-refractivity contribution in [3.63, 3.8) is 0 Å². The molecule has 0 amide bonds. The van der Waals surface area contributed by atoms with Gasteiger partial charge in [-0.3, -0.25) is 0 Å². The van der Waals surface area contributed by atoms with Gasteiger partial charge < -0.3 is 9.84 Å². The Kier molecular flexibility index (Phi) is 7.56. The van der Waals surface area contributed by atoms with Gasteiger partial charge in [-0.05, 0) is 13.8 Å². The Balaban J connectivity index is 0.000000255. The molecule has 0 aromatic heterocycles. The van der Waals surface area contributed by atoms with Gasteiger partial charge in [-0.25, -0.2) is 0 Å². The van der Waals surface area contributed by atoms with Crippen LogP contribution in [0.3, 0.4) is 0 Å². The van der Waals surface area contributed by atoms with Crippen LogP contribution in [0.4, 0.5) is 0 Å². The van der Waals surface area contributed by atoms with Crippen LogP contribution in [-0.2, 0) is 4.74 Å². The molecule has 78 valence electrons. The molecule has 0 saturated heterocycles. The van der Waals surface area contributed by atoms with Gasteiger partial charge in [-0.1, -0.05) is 42.0 Å². The summed E-state index contributed by atoms with van der Waals surface area (Å²) in [6, 6.07) is 8.45. The lowest BCUT2D eigenvalue weighted by atomic mass is 10.2. The summed E-state index contributed by atoms with van der Waals surface area (Å²) in [4.78, 5) is 0. The fourth-order valence-corrected chi connectivity index (χ4v) is 0.943. The van der Waals surface area contributed by atoms with E-state index in [0.717, 1.165) is 0 Å². The van der Waals surface area contributed by atoms with E-state index >= 15 is 0 Å². The summed E-state index contributed by atoms with van der Waals surface area (Å²) in [6.45, 7) is 7.89. The molecule has 2 nitrogen and oxygen atoms in total. The van der Waals surface area contributed by atoms with Gasteiger partial charge in [0.25, 0.3) is 0 Å². The van der Waals surface area contributed by atoms with Crippen molar-refractivity contribution in [2.24, 2.45) is 0 Å². The van der Waals surface area contributed by atoms with Crippen LogP contribution in [0, 0.1) is 13.8 Å². The molecule has 2 heteroatoms. The van der Waals surface area contributed by atoms with Gasteiger partial charge in [0.05, 0.1) is 12.9 Å². The number of hydrogen-bond acceptors (Lipinski definition) is 2. The van der Waals surface area contributed by atoms with Gasteiger partial charge in [0, 0.05) is 0 Å². The zero-order valence-electron chi connectivity index (χ0n) is 8.86. The summed E-state index contributed by atoms with van der Waals surface area (Å²) < 4.78 is 4.50. The van der Waals surface area contributed by atoms with Crippen LogP contribution in [0.25, 0.3) is 0 Å². The second-order valence-corrected chi connectivity index (χ2v) is 2.92. The van der Waals surface area contributed by atoms with Crippen molar-refractivity contribution < 1.29 is 9.84 Å². The first-order valence-electron chi connectivity index (χ1n) is 4.57. The molecule has 0 bridgehead atoms. The second-order valence-electron chi connectivity index (χ2n) is 2.92. The van der Waals surface area contributed by atoms with Crippen LogP contribution >= 0.6 is 0 Å². The van der Waals surface area contributed by atoms with Gasteiger partial charge in [0.1, 0.15) is 6.61 Å². The third-order valence-electron chi connectivity index (χ3n) is 1.50. The summed E-state index contributed by atoms with van der Waals surface area (Å²) >= 11 is 0. The van der Waals surface area contributed by atoms with Gasteiger partial charge in [0.15, 0.2) is 0 Å². The number of rotatable bonds is 3. The number of hydrogen-bond donors (Lipinski definition) is 1. The third kappa shape index (κ3) is 7.37. The molecule has 0 atom stereocenters. The van der Waals surface area contributed by atoms with Crippen LogP contribution in [0.5, 0.6) is 0 Å². The Hall–Kier alpha value is -1.28. The van der Waals surface area contributed by atoms with E-state index in [9.17, 15) is 0 Å². The predicted octanol–water partition coefficient (Wildman–Crippen LogP) is 2.44. The molecule has 0 radical (unpaired) electrons. The molecular formula is C12H18O2. The van der Waals surface area contributed by atoms with E-state index in [1.165, 1.54) is 17.4 Å². The maximum atomic E-state index is 8.02. The quantitative estimate of drug-likeness (QED) is 0.591. The second kappa shape index (κ2) is 8.32. The van der Waals surface area contributed by atoms with Crippen molar-refractivity contribution in [1.82, 2.24) is 0 Å². The minimum Gasteiger partial charge on any atom is -0.499 e. The lowest BCUT2D eigenvalue weighted by Gasteiger charge is -1.90. The largest absolute Gasteiger partial charge is 0.499 e. The minimum absolute atomic E-state index is 0.0615. The molecule has 0 unspecified atom stereocenters. The molecule has 0 saturated carbocycles. The minimum atomic E-state index is 0.0615. The average molecular weight is 194 g/mol. The summed E-state index contributed by atoms with van der Waals surface area (Å²) in [5, 5.41) is 8.02. The Labute approximate surface area is 85.8 Å². The number of aryl methyl sites for hydroxylation is 2. The highest BCUT2D eigenvalue weighted by molar-refractivity contribution is 5.20. The molecule has 0 fully saturated rings. The Bertz CT molecular complexity index is 239. The van der Waals surface area contributed by atoms with Crippen molar-refractivity contribution >= 4 is 0 Å². The van der Waals surface area contributed by atoms with Crippen LogP contribution in [0.2, 0.25) is 0 Å². The number of aliphatic hydroxyl groups is 1. The molecule has 0 aliphatic heterocycles. The van der Waals surface area contributed by atoms with Gasteiger partial charge in [-0.2, -0.15) is 0 Å². The smallest absolute Gasteiger partial charge is 0.110 e. The maximum absolute atomic E-state index is 8.02. The highest BCUT2D eigenvalue weighted by Gasteiger charge is 1.80. The molecule has 0 aliphatic carbocycles. The molecule has 14 heavy (non-hydrogen) atoms. The monoisotopic (exact) mass is 194 g/mol. The topological polar surface area (TPSA) is 29.5 Å². The van der Waals surface area contributed by atoms with E-state index in [1.807, 2.05) is 0 Å². The van der Waals surface area contributed by atoms with E-state index in [2.05, 4.69) is 49.4 Å². The van der Waals surface area contributed by atoms with E-state index in [0.29, 0.717) is 6.61 Å². The molecular weight excluding hydrogens is 176 g/mol. The van der Waals surface area contributed by atoms with Gasteiger partial charge >= 0.3 is 0 Å². The molecule has 0 heterocycles. The Morgan fingerprint density at radius 1 is 1.36 bits per heavy atom. The van der Waals surface area contributed by atoms with Crippen molar-refractivity contribution in [2.75, 3.05) is 13.2 Å². The first kappa shape index (κ1) is 12.7.